The summed E-state index contributed by atoms with van der Waals surface area (Å²) in [4.78, 5) is 13.8. The first kappa shape index (κ1) is 11.7. The van der Waals surface area contributed by atoms with Gasteiger partial charge in [0.15, 0.2) is 0 Å². The van der Waals surface area contributed by atoms with Gasteiger partial charge in [-0.15, -0.1) is 0 Å². The molecule has 0 aromatic heterocycles. The van der Waals surface area contributed by atoms with Gasteiger partial charge in [-0.2, -0.15) is 0 Å². The van der Waals surface area contributed by atoms with Gasteiger partial charge in [-0.1, -0.05) is 0 Å². The minimum absolute atomic E-state index is 0.118. The predicted molar refractivity (Wildman–Crippen MR) is 60.3 cm³/mol. The van der Waals surface area contributed by atoms with Gasteiger partial charge in [0.2, 0.25) is 0 Å². The highest BCUT2D eigenvalue weighted by Gasteiger charge is 2.52. The molecule has 0 aromatic rings. The molecule has 0 spiro atoms. The number of carbonyl (C=O) groups excluding carboxylic acids is 1. The monoisotopic (exact) mass is 227 g/mol. The van der Waals surface area contributed by atoms with E-state index >= 15 is 0 Å². The molecule has 92 valence electrons. The highest BCUT2D eigenvalue weighted by molar-refractivity contribution is 5.69. The first-order chi connectivity index (χ1) is 7.32. The van der Waals surface area contributed by atoms with Crippen molar-refractivity contribution in [3.05, 3.63) is 0 Å². The van der Waals surface area contributed by atoms with E-state index in [1.807, 2.05) is 25.7 Å². The number of ether oxygens (including phenoxy) is 2. The van der Waals surface area contributed by atoms with E-state index in [2.05, 4.69) is 6.92 Å². The van der Waals surface area contributed by atoms with Gasteiger partial charge in [0.25, 0.3) is 0 Å². The highest BCUT2D eigenvalue weighted by Crippen LogP contribution is 2.39. The Kier molecular flexibility index (Phi) is 2.65. The fraction of sp³-hybridized carbons (Fsp3) is 0.917. The third kappa shape index (κ3) is 2.32. The molecule has 2 rings (SSSR count). The second kappa shape index (κ2) is 3.62. The molecule has 4 heteroatoms. The summed E-state index contributed by atoms with van der Waals surface area (Å²) in [6.45, 7) is 9.30. The Labute approximate surface area is 96.9 Å². The van der Waals surface area contributed by atoms with E-state index in [4.69, 9.17) is 9.47 Å². The Balaban J connectivity index is 2.00. The van der Waals surface area contributed by atoms with Gasteiger partial charge in [-0.05, 0) is 40.5 Å². The fourth-order valence-corrected chi connectivity index (χ4v) is 2.25. The zero-order valence-corrected chi connectivity index (χ0v) is 10.6. The van der Waals surface area contributed by atoms with Crippen LogP contribution in [-0.4, -0.2) is 41.4 Å². The Morgan fingerprint density at radius 2 is 2.12 bits per heavy atom. The summed E-state index contributed by atoms with van der Waals surface area (Å²) in [6, 6.07) is 0.197. The SMILES string of the molecule is CC(C)(C)OC(=O)N1CCC[C@@H]1[C@]1(C)CO1. The largest absolute Gasteiger partial charge is 0.444 e. The minimum Gasteiger partial charge on any atom is -0.444 e. The summed E-state index contributed by atoms with van der Waals surface area (Å²) in [5.74, 6) is 0. The van der Waals surface area contributed by atoms with E-state index in [0.29, 0.717) is 0 Å². The average molecular weight is 227 g/mol. The number of amides is 1. The van der Waals surface area contributed by atoms with Gasteiger partial charge in [0.05, 0.1) is 12.6 Å². The van der Waals surface area contributed by atoms with E-state index in [9.17, 15) is 4.79 Å². The van der Waals surface area contributed by atoms with Crippen molar-refractivity contribution in [2.75, 3.05) is 13.2 Å². The van der Waals surface area contributed by atoms with Crippen LogP contribution in [0.15, 0.2) is 0 Å². The van der Waals surface area contributed by atoms with Crippen LogP contribution in [0.4, 0.5) is 4.79 Å². The van der Waals surface area contributed by atoms with Crippen LogP contribution in [0.2, 0.25) is 0 Å². The molecular formula is C12H21NO3. The molecule has 0 saturated carbocycles. The zero-order chi connectivity index (χ0) is 12.0. The second-order valence-electron chi connectivity index (χ2n) is 5.93. The number of carbonyl (C=O) groups is 1. The van der Waals surface area contributed by atoms with Crippen molar-refractivity contribution >= 4 is 6.09 Å². The number of epoxide rings is 1. The average Bonchev–Trinajstić information content (AvgIpc) is 2.70. The normalized spacial score (nSPS) is 34.0. The van der Waals surface area contributed by atoms with Crippen molar-refractivity contribution in [2.24, 2.45) is 0 Å². The number of likely N-dealkylation sites (tertiary alicyclic amines) is 1. The lowest BCUT2D eigenvalue weighted by Gasteiger charge is -2.30. The molecule has 16 heavy (non-hydrogen) atoms. The van der Waals surface area contributed by atoms with Gasteiger partial charge in [-0.25, -0.2) is 4.79 Å². The Bertz CT molecular complexity index is 291. The van der Waals surface area contributed by atoms with E-state index in [-0.39, 0.29) is 17.7 Å². The molecule has 2 fully saturated rings. The van der Waals surface area contributed by atoms with Crippen molar-refractivity contribution in [3.8, 4) is 0 Å². The van der Waals surface area contributed by atoms with Crippen LogP contribution in [0.25, 0.3) is 0 Å². The van der Waals surface area contributed by atoms with Crippen LogP contribution >= 0.6 is 0 Å². The van der Waals surface area contributed by atoms with Crippen molar-refractivity contribution in [1.29, 1.82) is 0 Å². The van der Waals surface area contributed by atoms with Crippen molar-refractivity contribution in [3.63, 3.8) is 0 Å². The predicted octanol–water partition coefficient (Wildman–Crippen LogP) is 2.17. The third-order valence-corrected chi connectivity index (χ3v) is 3.19. The molecule has 2 atom stereocenters. The third-order valence-electron chi connectivity index (χ3n) is 3.19. The maximum Gasteiger partial charge on any atom is 0.410 e. The van der Waals surface area contributed by atoms with E-state index in [0.717, 1.165) is 26.0 Å². The molecule has 0 N–H and O–H groups in total. The summed E-state index contributed by atoms with van der Waals surface area (Å²) in [6.07, 6.45) is 1.87. The molecule has 1 amide bonds. The molecular weight excluding hydrogens is 206 g/mol. The van der Waals surface area contributed by atoms with Gasteiger partial charge >= 0.3 is 6.09 Å². The maximum atomic E-state index is 12.0. The van der Waals surface area contributed by atoms with Crippen LogP contribution in [0.3, 0.4) is 0 Å². The highest BCUT2D eigenvalue weighted by atomic mass is 16.6. The number of hydrogen-bond acceptors (Lipinski definition) is 3. The lowest BCUT2D eigenvalue weighted by molar-refractivity contribution is 0.0158. The Morgan fingerprint density at radius 3 is 2.62 bits per heavy atom. The molecule has 2 saturated heterocycles. The summed E-state index contributed by atoms with van der Waals surface area (Å²) < 4.78 is 10.8. The lowest BCUT2D eigenvalue weighted by Crippen LogP contribution is -2.45. The maximum absolute atomic E-state index is 12.0. The number of nitrogens with zero attached hydrogens (tertiary/aromatic N) is 1. The Hall–Kier alpha value is -0.770. The lowest BCUT2D eigenvalue weighted by atomic mass is 10.0. The first-order valence-electron chi connectivity index (χ1n) is 5.95. The molecule has 2 aliphatic heterocycles. The van der Waals surface area contributed by atoms with Gasteiger partial charge in [-0.3, -0.25) is 0 Å². The fourth-order valence-electron chi connectivity index (χ4n) is 2.25. The van der Waals surface area contributed by atoms with Crippen LogP contribution in [0.5, 0.6) is 0 Å². The quantitative estimate of drug-likeness (QED) is 0.645. The number of rotatable bonds is 1. The standard InChI is InChI=1S/C12H21NO3/c1-11(2,3)16-10(14)13-7-5-6-9(13)12(4)8-15-12/h9H,5-8H2,1-4H3/t9-,12+/m1/s1. The minimum atomic E-state index is -0.421. The molecule has 2 aliphatic rings. The topological polar surface area (TPSA) is 42.1 Å². The van der Waals surface area contributed by atoms with Gasteiger partial charge in [0, 0.05) is 6.54 Å². The smallest absolute Gasteiger partial charge is 0.410 e. The summed E-state index contributed by atoms with van der Waals surface area (Å²) in [5, 5.41) is 0. The molecule has 0 bridgehead atoms. The van der Waals surface area contributed by atoms with Crippen LogP contribution < -0.4 is 0 Å². The molecule has 0 aromatic carbocycles. The van der Waals surface area contributed by atoms with E-state index < -0.39 is 5.60 Å². The molecule has 0 aliphatic carbocycles. The van der Waals surface area contributed by atoms with Crippen molar-refractivity contribution in [1.82, 2.24) is 4.90 Å². The van der Waals surface area contributed by atoms with E-state index in [1.54, 1.807) is 0 Å². The summed E-state index contributed by atoms with van der Waals surface area (Å²) in [7, 11) is 0. The molecule has 2 heterocycles. The Morgan fingerprint density at radius 1 is 1.50 bits per heavy atom. The van der Waals surface area contributed by atoms with Gasteiger partial charge < -0.3 is 14.4 Å². The zero-order valence-electron chi connectivity index (χ0n) is 10.6. The summed E-state index contributed by atoms with van der Waals surface area (Å²) in [5.41, 5.74) is -0.539. The summed E-state index contributed by atoms with van der Waals surface area (Å²) >= 11 is 0. The molecule has 0 unspecified atom stereocenters. The van der Waals surface area contributed by atoms with Gasteiger partial charge in [0.1, 0.15) is 11.2 Å². The second-order valence-corrected chi connectivity index (χ2v) is 5.93. The van der Waals surface area contributed by atoms with Crippen molar-refractivity contribution < 1.29 is 14.3 Å². The van der Waals surface area contributed by atoms with Crippen molar-refractivity contribution in [2.45, 2.75) is 57.8 Å². The molecule has 4 nitrogen and oxygen atoms in total. The van der Waals surface area contributed by atoms with Crippen LogP contribution in [0, 0.1) is 0 Å². The number of hydrogen-bond donors (Lipinski definition) is 0. The van der Waals surface area contributed by atoms with Crippen LogP contribution in [-0.2, 0) is 9.47 Å². The molecule has 0 radical (unpaired) electrons. The van der Waals surface area contributed by atoms with E-state index in [1.165, 1.54) is 0 Å². The first-order valence-corrected chi connectivity index (χ1v) is 5.95. The van der Waals surface area contributed by atoms with Crippen LogP contribution in [0.1, 0.15) is 40.5 Å².